The second kappa shape index (κ2) is 12.4. The van der Waals surface area contributed by atoms with Crippen LogP contribution in [0.2, 0.25) is 0 Å². The topological polar surface area (TPSA) is 91.1 Å². The summed E-state index contributed by atoms with van der Waals surface area (Å²) in [6.45, 7) is 4.15. The summed E-state index contributed by atoms with van der Waals surface area (Å²) >= 11 is 0. The molecule has 0 bridgehead atoms. The van der Waals surface area contributed by atoms with E-state index in [1.807, 2.05) is 12.3 Å². The van der Waals surface area contributed by atoms with Crippen molar-refractivity contribution in [2.24, 2.45) is 23.5 Å². The molecule has 6 fully saturated rings. The molecule has 4 aliphatic heterocycles. The third-order valence-corrected chi connectivity index (χ3v) is 12.5. The standard InChI is InChI=1S/C36H50FN5O3/c37-29-18-27-32-35(33(29)41-15-10-25(38)20-41)45-31-17-24-9-5-4-8-23(24)16-30(31)42(32)21-28(34(27)43)36(44)39-26-11-13-40(14-12-26)19-22-6-2-1-3-7-22/h1-3,6-7,21,23-27,29-33,35H,4-5,8-20,38H2,(H,39,44). The maximum Gasteiger partial charge on any atom is 0.256 e. The monoisotopic (exact) mass is 619 g/mol. The van der Waals surface area contributed by atoms with Gasteiger partial charge in [-0.3, -0.25) is 19.4 Å². The first-order chi connectivity index (χ1) is 21.9. The van der Waals surface area contributed by atoms with Crippen molar-refractivity contribution in [3.05, 3.63) is 47.7 Å². The SMILES string of the molecule is NC1CCN(C2C(F)CC3C(=O)C(C(=O)NC4CCN(Cc5ccccc5)CC4)=CN4C5CC6CCCCC6CC5OC2C34)C1. The maximum atomic E-state index is 16.3. The Morgan fingerprint density at radius 2 is 1.71 bits per heavy atom. The van der Waals surface area contributed by atoms with Crippen molar-refractivity contribution in [2.45, 2.75) is 119 Å². The molecule has 1 amide bonds. The molecule has 1 aromatic carbocycles. The van der Waals surface area contributed by atoms with E-state index in [4.69, 9.17) is 10.5 Å². The smallest absolute Gasteiger partial charge is 0.256 e. The van der Waals surface area contributed by atoms with Crippen LogP contribution in [0.15, 0.2) is 42.1 Å². The molecule has 8 nitrogen and oxygen atoms in total. The highest BCUT2D eigenvalue weighted by Crippen LogP contribution is 2.51. The number of hydrogen-bond donors (Lipinski definition) is 2. The molecule has 0 spiro atoms. The van der Waals surface area contributed by atoms with Gasteiger partial charge in [0.05, 0.1) is 35.9 Å². The minimum absolute atomic E-state index is 0.00182. The Morgan fingerprint density at radius 3 is 2.44 bits per heavy atom. The predicted molar refractivity (Wildman–Crippen MR) is 170 cm³/mol. The van der Waals surface area contributed by atoms with Gasteiger partial charge in [0, 0.05) is 56.9 Å². The zero-order valence-corrected chi connectivity index (χ0v) is 26.4. The second-order valence-corrected chi connectivity index (χ2v) is 15.2. The van der Waals surface area contributed by atoms with Gasteiger partial charge in [0.1, 0.15) is 6.17 Å². The van der Waals surface area contributed by atoms with Crippen molar-refractivity contribution in [3.8, 4) is 0 Å². The summed E-state index contributed by atoms with van der Waals surface area (Å²) < 4.78 is 23.3. The summed E-state index contributed by atoms with van der Waals surface area (Å²) in [6, 6.07) is 10.1. The highest BCUT2D eigenvalue weighted by Gasteiger charge is 2.61. The lowest BCUT2D eigenvalue weighted by Gasteiger charge is -2.61. The Hall–Kier alpha value is -2.33. The van der Waals surface area contributed by atoms with Crippen LogP contribution in [-0.4, -0.2) is 101 Å². The lowest BCUT2D eigenvalue weighted by atomic mass is 9.64. The molecule has 0 aromatic heterocycles. The highest BCUT2D eigenvalue weighted by molar-refractivity contribution is 6.20. The number of halogens is 1. The number of alkyl halides is 1. The molecule has 3 saturated carbocycles. The summed E-state index contributed by atoms with van der Waals surface area (Å²) in [7, 11) is 0. The molecule has 10 atom stereocenters. The van der Waals surface area contributed by atoms with Crippen molar-refractivity contribution >= 4 is 11.7 Å². The van der Waals surface area contributed by atoms with E-state index in [0.717, 1.165) is 58.3 Å². The van der Waals surface area contributed by atoms with E-state index >= 15 is 4.39 Å². The van der Waals surface area contributed by atoms with Crippen LogP contribution in [0, 0.1) is 17.8 Å². The van der Waals surface area contributed by atoms with Gasteiger partial charge in [-0.25, -0.2) is 4.39 Å². The van der Waals surface area contributed by atoms with Gasteiger partial charge < -0.3 is 20.7 Å². The zero-order chi connectivity index (χ0) is 30.7. The first kappa shape index (κ1) is 30.0. The molecule has 1 aromatic rings. The van der Waals surface area contributed by atoms with Crippen molar-refractivity contribution in [3.63, 3.8) is 0 Å². The number of nitrogens with two attached hydrogens (primary N) is 1. The fraction of sp³-hybridized carbons (Fsp3) is 0.722. The molecule has 3 saturated heterocycles. The number of nitrogens with zero attached hydrogens (tertiary/aromatic N) is 3. The number of nitrogens with one attached hydrogen (secondary N) is 1. The number of amides is 1. The summed E-state index contributed by atoms with van der Waals surface area (Å²) in [6.07, 6.45) is 10.1. The number of hydrogen-bond acceptors (Lipinski definition) is 7. The molecular formula is C36H50FN5O3. The van der Waals surface area contributed by atoms with E-state index in [9.17, 15) is 9.59 Å². The second-order valence-electron chi connectivity index (χ2n) is 15.2. The number of piperidine rings is 1. The molecule has 0 radical (unpaired) electrons. The number of Topliss-reactive ketones (excluding diaryl/α,β-unsaturated/α-hetero) is 1. The lowest BCUT2D eigenvalue weighted by Crippen LogP contribution is -2.73. The van der Waals surface area contributed by atoms with Crippen molar-refractivity contribution in [1.82, 2.24) is 20.0 Å². The minimum Gasteiger partial charge on any atom is -0.369 e. The van der Waals surface area contributed by atoms with Gasteiger partial charge in [-0.1, -0.05) is 56.0 Å². The molecule has 3 aliphatic carbocycles. The third-order valence-electron chi connectivity index (χ3n) is 12.5. The zero-order valence-electron chi connectivity index (χ0n) is 26.4. The van der Waals surface area contributed by atoms with Gasteiger partial charge in [0.25, 0.3) is 5.91 Å². The third kappa shape index (κ3) is 5.66. The van der Waals surface area contributed by atoms with Crippen molar-refractivity contribution in [2.75, 3.05) is 26.2 Å². The number of benzene rings is 1. The number of ether oxygens (including phenoxy) is 1. The average molecular weight is 620 g/mol. The number of carbonyl (C=O) groups excluding carboxylic acids is 2. The van der Waals surface area contributed by atoms with Crippen LogP contribution in [0.3, 0.4) is 0 Å². The van der Waals surface area contributed by atoms with Crippen LogP contribution in [0.4, 0.5) is 4.39 Å². The summed E-state index contributed by atoms with van der Waals surface area (Å²) in [5.41, 5.74) is 7.80. The molecule has 7 aliphatic rings. The van der Waals surface area contributed by atoms with Crippen LogP contribution in [0.5, 0.6) is 0 Å². The lowest BCUT2D eigenvalue weighted by molar-refractivity contribution is -0.219. The van der Waals surface area contributed by atoms with Crippen LogP contribution >= 0.6 is 0 Å². The Bertz CT molecular complexity index is 1290. The molecular weight excluding hydrogens is 569 g/mol. The maximum absolute atomic E-state index is 16.3. The molecule has 9 heteroatoms. The van der Waals surface area contributed by atoms with E-state index in [1.54, 1.807) is 0 Å². The minimum atomic E-state index is -1.19. The molecule has 45 heavy (non-hydrogen) atoms. The summed E-state index contributed by atoms with van der Waals surface area (Å²) in [4.78, 5) is 35.0. The van der Waals surface area contributed by atoms with Crippen molar-refractivity contribution in [1.29, 1.82) is 0 Å². The van der Waals surface area contributed by atoms with Gasteiger partial charge in [0.2, 0.25) is 0 Å². The number of fused-ring (bicyclic) bond motifs is 3. The number of ketones is 1. The Balaban J connectivity index is 1.03. The van der Waals surface area contributed by atoms with Crippen LogP contribution in [0.25, 0.3) is 0 Å². The van der Waals surface area contributed by atoms with Gasteiger partial charge in [-0.15, -0.1) is 0 Å². The average Bonchev–Trinajstić information content (AvgIpc) is 3.48. The summed E-state index contributed by atoms with van der Waals surface area (Å²) in [5, 5.41) is 3.23. The normalized spacial score (nSPS) is 40.7. The number of likely N-dealkylation sites (tertiary alicyclic amines) is 2. The van der Waals surface area contributed by atoms with Gasteiger partial charge in [-0.05, 0) is 55.9 Å². The van der Waals surface area contributed by atoms with Crippen LogP contribution < -0.4 is 11.1 Å². The number of carbonyl (C=O) groups is 2. The highest BCUT2D eigenvalue weighted by atomic mass is 19.1. The molecule has 244 valence electrons. The Labute approximate surface area is 266 Å². The fourth-order valence-electron chi connectivity index (χ4n) is 10.3. The van der Waals surface area contributed by atoms with Gasteiger partial charge in [0.15, 0.2) is 5.78 Å². The number of rotatable bonds is 5. The molecule has 4 heterocycles. The quantitative estimate of drug-likeness (QED) is 0.489. The van der Waals surface area contributed by atoms with E-state index < -0.39 is 24.2 Å². The van der Waals surface area contributed by atoms with Gasteiger partial charge in [-0.2, -0.15) is 0 Å². The molecule has 8 rings (SSSR count). The molecule has 10 unspecified atom stereocenters. The van der Waals surface area contributed by atoms with Crippen LogP contribution in [-0.2, 0) is 20.9 Å². The predicted octanol–water partition coefficient (Wildman–Crippen LogP) is 3.40. The number of morpholine rings is 1. The van der Waals surface area contributed by atoms with E-state index in [0.29, 0.717) is 18.4 Å². The Morgan fingerprint density at radius 1 is 0.956 bits per heavy atom. The largest absolute Gasteiger partial charge is 0.369 e. The summed E-state index contributed by atoms with van der Waals surface area (Å²) in [5.74, 6) is 0.262. The molecule has 3 N–H and O–H groups in total. The Kier molecular flexibility index (Phi) is 8.25. The van der Waals surface area contributed by atoms with E-state index in [2.05, 4.69) is 44.3 Å². The van der Waals surface area contributed by atoms with E-state index in [-0.39, 0.29) is 54.0 Å². The van der Waals surface area contributed by atoms with E-state index in [1.165, 1.54) is 31.2 Å². The first-order valence-electron chi connectivity index (χ1n) is 17.8. The fourth-order valence-corrected chi connectivity index (χ4v) is 10.3. The first-order valence-corrected chi connectivity index (χ1v) is 17.8. The van der Waals surface area contributed by atoms with Crippen LogP contribution in [0.1, 0.15) is 69.8 Å². The van der Waals surface area contributed by atoms with Gasteiger partial charge >= 0.3 is 0 Å². The van der Waals surface area contributed by atoms with Crippen molar-refractivity contribution < 1.29 is 18.7 Å².